The third-order valence-electron chi connectivity index (χ3n) is 2.13. The molecule has 2 atom stereocenters. The van der Waals surface area contributed by atoms with E-state index in [0.29, 0.717) is 12.8 Å². The van der Waals surface area contributed by atoms with Gasteiger partial charge >= 0.3 is 0 Å². The molecule has 1 fully saturated rings. The summed E-state index contributed by atoms with van der Waals surface area (Å²) in [5.41, 5.74) is 0. The molecule has 0 N–H and O–H groups in total. The van der Waals surface area contributed by atoms with Crippen LogP contribution in [0.25, 0.3) is 0 Å². The van der Waals surface area contributed by atoms with Gasteiger partial charge in [0.25, 0.3) is 0 Å². The van der Waals surface area contributed by atoms with Gasteiger partial charge in [-0.25, -0.2) is 0 Å². The predicted molar refractivity (Wildman–Crippen MR) is 48.8 cm³/mol. The van der Waals surface area contributed by atoms with Crippen LogP contribution in [0.4, 0.5) is 0 Å². The van der Waals surface area contributed by atoms with Crippen LogP contribution in [-0.4, -0.2) is 28.8 Å². The van der Waals surface area contributed by atoms with Crippen molar-refractivity contribution in [2.45, 2.75) is 24.9 Å². The van der Waals surface area contributed by atoms with Gasteiger partial charge in [0, 0.05) is 0 Å². The number of carbonyl (C=O) groups excluding carboxylic acids is 1. The Kier molecular flexibility index (Phi) is 3.17. The summed E-state index contributed by atoms with van der Waals surface area (Å²) in [6.45, 7) is 0. The van der Waals surface area contributed by atoms with Gasteiger partial charge in [0.05, 0.1) is 12.1 Å². The Morgan fingerprint density at radius 3 is 2.69 bits per heavy atom. The van der Waals surface area contributed by atoms with Crippen molar-refractivity contribution < 1.29 is 4.79 Å². The molecule has 0 radical (unpaired) electrons. The van der Waals surface area contributed by atoms with E-state index in [9.17, 15) is 4.79 Å². The number of nitriles is 1. The Morgan fingerprint density at radius 2 is 2.23 bits per heavy atom. The van der Waals surface area contributed by atoms with Crippen LogP contribution in [0.2, 0.25) is 0 Å². The maximum atomic E-state index is 11.3. The number of alkyl halides is 1. The largest absolute Gasteiger partial charge is 0.312 e. The topological polar surface area (TPSA) is 44.1 Å². The zero-order valence-electron chi connectivity index (χ0n) is 7.03. The van der Waals surface area contributed by atoms with Gasteiger partial charge in [-0.15, -0.1) is 18.0 Å². The summed E-state index contributed by atoms with van der Waals surface area (Å²) < 4.78 is 0. The molecular weight excluding hydrogens is 188 g/mol. The Hall–Kier alpha value is -1.19. The van der Waals surface area contributed by atoms with Crippen molar-refractivity contribution in [1.82, 2.24) is 4.90 Å². The lowest BCUT2D eigenvalue weighted by atomic mass is 10.2. The van der Waals surface area contributed by atoms with E-state index < -0.39 is 6.04 Å². The number of hydrogen-bond acceptors (Lipinski definition) is 2. The number of likely N-dealkylation sites (tertiary alicyclic amines) is 1. The van der Waals surface area contributed by atoms with E-state index in [1.165, 1.54) is 4.90 Å². The van der Waals surface area contributed by atoms with E-state index in [2.05, 4.69) is 5.92 Å². The molecule has 3 nitrogen and oxygen atoms in total. The van der Waals surface area contributed by atoms with E-state index in [1.54, 1.807) is 0 Å². The van der Waals surface area contributed by atoms with Crippen LogP contribution in [-0.2, 0) is 4.79 Å². The summed E-state index contributed by atoms with van der Waals surface area (Å²) in [5.74, 6) is 2.12. The SMILES string of the molecule is C#C[C@@H]1CC[C@@H](C#N)N1C(=O)CCl. The number of terminal acetylenes is 1. The monoisotopic (exact) mass is 196 g/mol. The smallest absolute Gasteiger partial charge is 0.239 e. The lowest BCUT2D eigenvalue weighted by Gasteiger charge is -2.22. The fraction of sp³-hybridized carbons (Fsp3) is 0.556. The second-order valence-electron chi connectivity index (χ2n) is 2.84. The van der Waals surface area contributed by atoms with Crippen molar-refractivity contribution in [3.8, 4) is 18.4 Å². The minimum Gasteiger partial charge on any atom is -0.312 e. The molecule has 1 heterocycles. The molecule has 1 rings (SSSR count). The molecule has 1 aliphatic rings. The summed E-state index contributed by atoms with van der Waals surface area (Å²) in [4.78, 5) is 12.7. The van der Waals surface area contributed by atoms with Crippen LogP contribution >= 0.6 is 11.6 Å². The van der Waals surface area contributed by atoms with Gasteiger partial charge in [-0.3, -0.25) is 4.79 Å². The number of rotatable bonds is 1. The molecule has 0 bridgehead atoms. The molecular formula is C9H9ClN2O. The highest BCUT2D eigenvalue weighted by atomic mass is 35.5. The standard InChI is InChI=1S/C9H9ClN2O/c1-2-7-3-4-8(6-11)12(7)9(13)5-10/h1,7-8H,3-5H2/t7-,8+/m1/s1. The molecule has 1 saturated heterocycles. The van der Waals surface area contributed by atoms with Gasteiger partial charge in [-0.2, -0.15) is 5.26 Å². The number of halogens is 1. The van der Waals surface area contributed by atoms with E-state index in [0.717, 1.165) is 0 Å². The second kappa shape index (κ2) is 4.16. The fourth-order valence-electron chi connectivity index (χ4n) is 1.52. The van der Waals surface area contributed by atoms with E-state index in [-0.39, 0.29) is 17.8 Å². The highest BCUT2D eigenvalue weighted by Gasteiger charge is 2.35. The van der Waals surface area contributed by atoms with Crippen molar-refractivity contribution >= 4 is 17.5 Å². The minimum absolute atomic E-state index is 0.115. The first-order valence-electron chi connectivity index (χ1n) is 3.97. The van der Waals surface area contributed by atoms with Crippen LogP contribution in [0.3, 0.4) is 0 Å². The zero-order valence-corrected chi connectivity index (χ0v) is 7.79. The predicted octanol–water partition coefficient (Wildman–Crippen LogP) is 0.742. The Labute approximate surface area is 82.3 Å². The number of amides is 1. The van der Waals surface area contributed by atoms with E-state index in [4.69, 9.17) is 23.3 Å². The third-order valence-corrected chi connectivity index (χ3v) is 2.36. The fourth-order valence-corrected chi connectivity index (χ4v) is 1.66. The number of hydrogen-bond donors (Lipinski definition) is 0. The first-order chi connectivity index (χ1) is 6.24. The maximum Gasteiger partial charge on any atom is 0.239 e. The molecule has 68 valence electrons. The summed E-state index contributed by atoms with van der Waals surface area (Å²) >= 11 is 5.41. The molecule has 13 heavy (non-hydrogen) atoms. The van der Waals surface area contributed by atoms with Crippen LogP contribution in [0.5, 0.6) is 0 Å². The van der Waals surface area contributed by atoms with Crippen LogP contribution in [0, 0.1) is 23.7 Å². The van der Waals surface area contributed by atoms with Crippen molar-refractivity contribution in [3.05, 3.63) is 0 Å². The highest BCUT2D eigenvalue weighted by Crippen LogP contribution is 2.23. The van der Waals surface area contributed by atoms with E-state index >= 15 is 0 Å². The number of nitrogens with zero attached hydrogens (tertiary/aromatic N) is 2. The molecule has 1 aliphatic heterocycles. The molecule has 0 aromatic heterocycles. The van der Waals surface area contributed by atoms with Crippen molar-refractivity contribution in [3.63, 3.8) is 0 Å². The quantitative estimate of drug-likeness (QED) is 0.459. The molecule has 0 spiro atoms. The summed E-state index contributed by atoms with van der Waals surface area (Å²) in [6, 6.07) is 1.39. The van der Waals surface area contributed by atoms with Gasteiger partial charge in [-0.1, -0.05) is 5.92 Å². The Morgan fingerprint density at radius 1 is 1.62 bits per heavy atom. The zero-order chi connectivity index (χ0) is 9.84. The molecule has 0 saturated carbocycles. The van der Waals surface area contributed by atoms with Crippen LogP contribution < -0.4 is 0 Å². The first kappa shape index (κ1) is 9.89. The summed E-state index contributed by atoms with van der Waals surface area (Å²) in [5, 5.41) is 8.74. The number of carbonyl (C=O) groups is 1. The molecule has 4 heteroatoms. The lowest BCUT2D eigenvalue weighted by molar-refractivity contribution is -0.129. The highest BCUT2D eigenvalue weighted by molar-refractivity contribution is 6.27. The first-order valence-corrected chi connectivity index (χ1v) is 4.51. The molecule has 0 aromatic carbocycles. The van der Waals surface area contributed by atoms with Crippen molar-refractivity contribution in [2.75, 3.05) is 5.88 Å². The normalized spacial score (nSPS) is 26.5. The van der Waals surface area contributed by atoms with Crippen molar-refractivity contribution in [2.24, 2.45) is 0 Å². The van der Waals surface area contributed by atoms with Gasteiger partial charge < -0.3 is 4.90 Å². The third kappa shape index (κ3) is 1.76. The second-order valence-corrected chi connectivity index (χ2v) is 3.11. The molecule has 0 aromatic rings. The minimum atomic E-state index is -0.396. The van der Waals surface area contributed by atoms with Gasteiger partial charge in [0.2, 0.25) is 5.91 Å². The average molecular weight is 197 g/mol. The van der Waals surface area contributed by atoms with Gasteiger partial charge in [-0.05, 0) is 12.8 Å². The van der Waals surface area contributed by atoms with Crippen LogP contribution in [0.1, 0.15) is 12.8 Å². The lowest BCUT2D eigenvalue weighted by Crippen LogP contribution is -2.40. The molecule has 1 amide bonds. The average Bonchev–Trinajstić information content (AvgIpc) is 2.59. The maximum absolute atomic E-state index is 11.3. The Bertz CT molecular complexity index is 267. The summed E-state index contributed by atoms with van der Waals surface area (Å²) in [6.07, 6.45) is 6.58. The van der Waals surface area contributed by atoms with Gasteiger partial charge in [0.1, 0.15) is 11.9 Å². The Balaban J connectivity index is 2.82. The van der Waals surface area contributed by atoms with Gasteiger partial charge in [0.15, 0.2) is 0 Å². The molecule has 0 aliphatic carbocycles. The summed E-state index contributed by atoms with van der Waals surface area (Å²) in [7, 11) is 0. The van der Waals surface area contributed by atoms with Crippen molar-refractivity contribution in [1.29, 1.82) is 5.26 Å². The van der Waals surface area contributed by atoms with Crippen LogP contribution in [0.15, 0.2) is 0 Å². The van der Waals surface area contributed by atoms with E-state index in [1.807, 2.05) is 6.07 Å². The molecule has 0 unspecified atom stereocenters.